The Morgan fingerprint density at radius 2 is 2.25 bits per heavy atom. The quantitative estimate of drug-likeness (QED) is 0.616. The molecule has 64 valence electrons. The van der Waals surface area contributed by atoms with Gasteiger partial charge in [0, 0.05) is 15.3 Å². The van der Waals surface area contributed by atoms with Gasteiger partial charge in [0.1, 0.15) is 5.69 Å². The summed E-state index contributed by atoms with van der Waals surface area (Å²) in [7, 11) is 0. The van der Waals surface area contributed by atoms with Crippen LogP contribution in [0, 0.1) is 3.57 Å². The maximum absolute atomic E-state index is 12.1. The van der Waals surface area contributed by atoms with Gasteiger partial charge in [0.15, 0.2) is 6.29 Å². The van der Waals surface area contributed by atoms with Gasteiger partial charge in [-0.1, -0.05) is 0 Å². The molecule has 0 aliphatic heterocycles. The number of rotatable bonds is 2. The normalized spacial score (nSPS) is 10.3. The highest BCUT2D eigenvalue weighted by Gasteiger charge is 2.12. The lowest BCUT2D eigenvalue weighted by molar-refractivity contribution is 0.112. The molecule has 0 bridgehead atoms. The van der Waals surface area contributed by atoms with Gasteiger partial charge in [-0.05, 0) is 28.7 Å². The van der Waals surface area contributed by atoms with E-state index in [1.165, 1.54) is 6.07 Å². The summed E-state index contributed by atoms with van der Waals surface area (Å²) in [6.45, 7) is 0. The van der Waals surface area contributed by atoms with Crippen LogP contribution in [0.2, 0.25) is 0 Å². The molecule has 0 aliphatic rings. The minimum atomic E-state index is -2.59. The first-order valence-corrected chi connectivity index (χ1v) is 4.12. The molecule has 2 nitrogen and oxygen atoms in total. The third kappa shape index (κ3) is 1.96. The fourth-order valence-corrected chi connectivity index (χ4v) is 1.42. The molecule has 5 heteroatoms. The lowest BCUT2D eigenvalue weighted by Crippen LogP contribution is -1.95. The van der Waals surface area contributed by atoms with E-state index in [4.69, 9.17) is 0 Å². The molecule has 1 aromatic heterocycles. The monoisotopic (exact) mass is 283 g/mol. The molecule has 0 amide bonds. The summed E-state index contributed by atoms with van der Waals surface area (Å²) in [5.41, 5.74) is 0.0324. The molecule has 12 heavy (non-hydrogen) atoms. The topological polar surface area (TPSA) is 30.0 Å². The van der Waals surface area contributed by atoms with Gasteiger partial charge in [-0.25, -0.2) is 8.78 Å². The summed E-state index contributed by atoms with van der Waals surface area (Å²) in [5.74, 6) is 0. The predicted molar refractivity (Wildman–Crippen MR) is 47.3 cm³/mol. The number of pyridine rings is 1. The Kier molecular flexibility index (Phi) is 3.07. The van der Waals surface area contributed by atoms with Crippen LogP contribution >= 0.6 is 22.6 Å². The van der Waals surface area contributed by atoms with Gasteiger partial charge in [0.05, 0.1) is 0 Å². The van der Waals surface area contributed by atoms with E-state index in [2.05, 4.69) is 4.98 Å². The van der Waals surface area contributed by atoms with Crippen molar-refractivity contribution >= 4 is 28.9 Å². The van der Waals surface area contributed by atoms with E-state index in [0.717, 1.165) is 6.20 Å². The fourth-order valence-electron chi connectivity index (χ4n) is 0.688. The molecule has 1 aromatic rings. The van der Waals surface area contributed by atoms with Gasteiger partial charge in [-0.15, -0.1) is 0 Å². The largest absolute Gasteiger partial charge is 0.298 e. The Labute approximate surface area is 81.1 Å². The minimum Gasteiger partial charge on any atom is -0.298 e. The Balaban J connectivity index is 3.11. The van der Waals surface area contributed by atoms with Crippen molar-refractivity contribution in [2.24, 2.45) is 0 Å². The van der Waals surface area contributed by atoms with Gasteiger partial charge >= 0.3 is 0 Å². The molecule has 0 radical (unpaired) electrons. The summed E-state index contributed by atoms with van der Waals surface area (Å²) in [4.78, 5) is 13.7. The minimum absolute atomic E-state index is 0.277. The lowest BCUT2D eigenvalue weighted by atomic mass is 10.3. The van der Waals surface area contributed by atoms with Crippen LogP contribution < -0.4 is 0 Å². The zero-order chi connectivity index (χ0) is 9.14. The molecular formula is C7H4F2INO. The summed E-state index contributed by atoms with van der Waals surface area (Å²) >= 11 is 1.72. The van der Waals surface area contributed by atoms with E-state index in [0.29, 0.717) is 15.4 Å². The van der Waals surface area contributed by atoms with E-state index in [1.807, 2.05) is 0 Å². The van der Waals surface area contributed by atoms with Gasteiger partial charge in [0.25, 0.3) is 6.43 Å². The van der Waals surface area contributed by atoms with E-state index >= 15 is 0 Å². The summed E-state index contributed by atoms with van der Waals surface area (Å²) in [6, 6.07) is 1.38. The van der Waals surface area contributed by atoms with Crippen molar-refractivity contribution in [3.8, 4) is 0 Å². The smallest absolute Gasteiger partial charge is 0.281 e. The van der Waals surface area contributed by atoms with Crippen molar-refractivity contribution in [1.82, 2.24) is 4.98 Å². The van der Waals surface area contributed by atoms with Gasteiger partial charge in [-0.3, -0.25) is 9.78 Å². The van der Waals surface area contributed by atoms with Crippen LogP contribution in [-0.4, -0.2) is 11.3 Å². The van der Waals surface area contributed by atoms with Crippen LogP contribution in [-0.2, 0) is 0 Å². The average Bonchev–Trinajstić information content (AvgIpc) is 2.03. The van der Waals surface area contributed by atoms with E-state index in [9.17, 15) is 13.6 Å². The van der Waals surface area contributed by atoms with Crippen molar-refractivity contribution in [3.63, 3.8) is 0 Å². The first kappa shape index (κ1) is 9.50. The Morgan fingerprint density at radius 3 is 2.67 bits per heavy atom. The summed E-state index contributed by atoms with van der Waals surface area (Å²) < 4.78 is 24.5. The summed E-state index contributed by atoms with van der Waals surface area (Å²) in [5, 5.41) is 0. The Morgan fingerprint density at radius 1 is 1.58 bits per heavy atom. The van der Waals surface area contributed by atoms with Crippen LogP contribution in [0.5, 0.6) is 0 Å². The molecule has 0 spiro atoms. The second kappa shape index (κ2) is 3.88. The van der Waals surface area contributed by atoms with Crippen molar-refractivity contribution < 1.29 is 13.6 Å². The highest BCUT2D eigenvalue weighted by atomic mass is 127. The molecule has 0 saturated carbocycles. The summed E-state index contributed by atoms with van der Waals surface area (Å²) in [6.07, 6.45) is -0.876. The van der Waals surface area contributed by atoms with Crippen LogP contribution in [0.4, 0.5) is 8.78 Å². The SMILES string of the molecule is O=Cc1cnc(C(F)F)c(I)c1. The molecule has 0 aliphatic carbocycles. The van der Waals surface area contributed by atoms with Gasteiger partial charge in [0.2, 0.25) is 0 Å². The van der Waals surface area contributed by atoms with E-state index in [-0.39, 0.29) is 5.69 Å². The van der Waals surface area contributed by atoms with Crippen molar-refractivity contribution in [3.05, 3.63) is 27.1 Å². The zero-order valence-corrected chi connectivity index (χ0v) is 7.96. The van der Waals surface area contributed by atoms with E-state index in [1.54, 1.807) is 22.6 Å². The maximum Gasteiger partial charge on any atom is 0.281 e. The van der Waals surface area contributed by atoms with Crippen LogP contribution in [0.3, 0.4) is 0 Å². The number of carbonyl (C=O) groups excluding carboxylic acids is 1. The van der Waals surface area contributed by atoms with Crippen LogP contribution in [0.15, 0.2) is 12.3 Å². The number of aldehydes is 1. The first-order chi connectivity index (χ1) is 5.65. The average molecular weight is 283 g/mol. The number of halogens is 3. The molecule has 0 saturated heterocycles. The molecule has 0 N–H and O–H groups in total. The lowest BCUT2D eigenvalue weighted by Gasteiger charge is -2.01. The van der Waals surface area contributed by atoms with Crippen LogP contribution in [0.25, 0.3) is 0 Å². The second-order valence-corrected chi connectivity index (χ2v) is 3.22. The van der Waals surface area contributed by atoms with Gasteiger partial charge < -0.3 is 0 Å². The standard InChI is InChI=1S/C7H4F2INO/c8-7(9)6-5(10)1-4(3-12)2-11-6/h1-3,7H. The third-order valence-corrected chi connectivity index (χ3v) is 2.10. The molecule has 1 heterocycles. The van der Waals surface area contributed by atoms with Crippen LogP contribution in [0.1, 0.15) is 22.5 Å². The van der Waals surface area contributed by atoms with E-state index < -0.39 is 6.43 Å². The number of hydrogen-bond donors (Lipinski definition) is 0. The molecule has 1 rings (SSSR count). The Hall–Kier alpha value is -0.590. The molecule has 0 fully saturated rings. The highest BCUT2D eigenvalue weighted by Crippen LogP contribution is 2.22. The maximum atomic E-state index is 12.1. The van der Waals surface area contributed by atoms with Gasteiger partial charge in [-0.2, -0.15) is 0 Å². The first-order valence-electron chi connectivity index (χ1n) is 3.04. The van der Waals surface area contributed by atoms with Crippen molar-refractivity contribution in [2.75, 3.05) is 0 Å². The zero-order valence-electron chi connectivity index (χ0n) is 5.80. The van der Waals surface area contributed by atoms with Crippen molar-refractivity contribution in [2.45, 2.75) is 6.43 Å². The number of alkyl halides is 2. The number of aromatic nitrogens is 1. The Bertz CT molecular complexity index is 303. The number of hydrogen-bond acceptors (Lipinski definition) is 2. The third-order valence-electron chi connectivity index (χ3n) is 1.23. The molecular weight excluding hydrogens is 279 g/mol. The number of carbonyl (C=O) groups is 1. The van der Waals surface area contributed by atoms with Crippen molar-refractivity contribution in [1.29, 1.82) is 0 Å². The second-order valence-electron chi connectivity index (χ2n) is 2.05. The molecule has 0 aromatic carbocycles. The molecule has 0 unspecified atom stereocenters. The fraction of sp³-hybridized carbons (Fsp3) is 0.143. The predicted octanol–water partition coefficient (Wildman–Crippen LogP) is 2.44. The molecule has 0 atom stereocenters. The number of nitrogens with zero attached hydrogens (tertiary/aromatic N) is 1. The highest BCUT2D eigenvalue weighted by molar-refractivity contribution is 14.1.